The van der Waals surface area contributed by atoms with Crippen LogP contribution in [0.5, 0.6) is 0 Å². The summed E-state index contributed by atoms with van der Waals surface area (Å²) >= 11 is 0.741. The average Bonchev–Trinajstić information content (AvgIpc) is 2.78. The topological polar surface area (TPSA) is 52.1 Å². The molecule has 0 aliphatic heterocycles. The van der Waals surface area contributed by atoms with Gasteiger partial charge in [-0.2, -0.15) is 4.37 Å². The summed E-state index contributed by atoms with van der Waals surface area (Å²) in [6, 6.07) is 3.44. The summed E-state index contributed by atoms with van der Waals surface area (Å²) in [4.78, 5) is 15.1. The van der Waals surface area contributed by atoms with Crippen LogP contribution in [0, 0.1) is 11.6 Å². The second-order valence-corrected chi connectivity index (χ2v) is 3.99. The lowest BCUT2D eigenvalue weighted by Gasteiger charge is -1.99. The highest BCUT2D eigenvalue weighted by molar-refractivity contribution is 7.07. The third kappa shape index (κ3) is 2.35. The van der Waals surface area contributed by atoms with E-state index in [1.54, 1.807) is 6.92 Å². The summed E-state index contributed by atoms with van der Waals surface area (Å²) < 4.78 is 35.4. The van der Waals surface area contributed by atoms with Crippen LogP contribution in [0.25, 0.3) is 11.4 Å². The van der Waals surface area contributed by atoms with E-state index in [-0.39, 0.29) is 23.0 Å². The van der Waals surface area contributed by atoms with Crippen LogP contribution >= 0.6 is 11.5 Å². The molecule has 0 amide bonds. The zero-order valence-electron chi connectivity index (χ0n) is 9.31. The second-order valence-electron chi connectivity index (χ2n) is 3.24. The summed E-state index contributed by atoms with van der Waals surface area (Å²) in [5.41, 5.74) is -0.343. The van der Waals surface area contributed by atoms with Crippen molar-refractivity contribution < 1.29 is 18.3 Å². The van der Waals surface area contributed by atoms with E-state index in [9.17, 15) is 13.6 Å². The quantitative estimate of drug-likeness (QED) is 0.805. The molecule has 1 heterocycles. The molecule has 18 heavy (non-hydrogen) atoms. The van der Waals surface area contributed by atoms with E-state index in [4.69, 9.17) is 4.74 Å². The van der Waals surface area contributed by atoms with Crippen molar-refractivity contribution in [3.8, 4) is 11.4 Å². The van der Waals surface area contributed by atoms with E-state index < -0.39 is 17.6 Å². The van der Waals surface area contributed by atoms with E-state index in [1.165, 1.54) is 6.07 Å². The van der Waals surface area contributed by atoms with Gasteiger partial charge in [0.05, 0.1) is 12.2 Å². The molecule has 2 rings (SSSR count). The fraction of sp³-hybridized carbons (Fsp3) is 0.182. The molecule has 0 spiro atoms. The maximum atomic E-state index is 13.5. The van der Waals surface area contributed by atoms with Crippen LogP contribution in [-0.2, 0) is 4.74 Å². The van der Waals surface area contributed by atoms with Crippen LogP contribution in [0.15, 0.2) is 18.2 Å². The maximum absolute atomic E-state index is 13.5. The summed E-state index contributed by atoms with van der Waals surface area (Å²) in [5, 5.41) is -0.0329. The summed E-state index contributed by atoms with van der Waals surface area (Å²) in [5.74, 6) is -2.36. The van der Waals surface area contributed by atoms with Gasteiger partial charge in [0.25, 0.3) is 0 Å². The number of ether oxygens (including phenoxy) is 1. The SMILES string of the molecule is CCOC(=O)c1nc(-c2c(F)cccc2F)ns1. The third-order valence-electron chi connectivity index (χ3n) is 2.06. The van der Waals surface area contributed by atoms with E-state index >= 15 is 0 Å². The largest absolute Gasteiger partial charge is 0.461 e. The van der Waals surface area contributed by atoms with E-state index in [1.807, 2.05) is 0 Å². The number of benzene rings is 1. The fourth-order valence-electron chi connectivity index (χ4n) is 1.31. The Morgan fingerprint density at radius 1 is 1.39 bits per heavy atom. The van der Waals surface area contributed by atoms with Gasteiger partial charge in [-0.05, 0) is 30.6 Å². The standard InChI is InChI=1S/C11H8F2N2O2S/c1-2-17-11(16)10-14-9(15-18-10)8-6(12)4-3-5-7(8)13/h3-5H,2H2,1H3. The molecule has 0 atom stereocenters. The van der Waals surface area contributed by atoms with Gasteiger partial charge in [-0.25, -0.2) is 18.6 Å². The zero-order chi connectivity index (χ0) is 13.1. The highest BCUT2D eigenvalue weighted by atomic mass is 32.1. The van der Waals surface area contributed by atoms with Crippen LogP contribution in [0.2, 0.25) is 0 Å². The first kappa shape index (κ1) is 12.6. The number of hydrogen-bond donors (Lipinski definition) is 0. The molecule has 4 nitrogen and oxygen atoms in total. The molecule has 0 saturated heterocycles. The Labute approximate surface area is 105 Å². The highest BCUT2D eigenvalue weighted by Crippen LogP contribution is 2.24. The van der Waals surface area contributed by atoms with Crippen LogP contribution in [0.1, 0.15) is 16.7 Å². The lowest BCUT2D eigenvalue weighted by Crippen LogP contribution is -2.04. The van der Waals surface area contributed by atoms with Gasteiger partial charge in [0, 0.05) is 0 Å². The molecule has 2 aromatic rings. The number of halogens is 2. The van der Waals surface area contributed by atoms with Gasteiger partial charge >= 0.3 is 5.97 Å². The van der Waals surface area contributed by atoms with Crippen molar-refractivity contribution in [3.05, 3.63) is 34.8 Å². The molecule has 0 fully saturated rings. The van der Waals surface area contributed by atoms with Crippen LogP contribution in [0.3, 0.4) is 0 Å². The van der Waals surface area contributed by atoms with Crippen molar-refractivity contribution in [2.45, 2.75) is 6.92 Å². The van der Waals surface area contributed by atoms with Crippen molar-refractivity contribution in [2.24, 2.45) is 0 Å². The van der Waals surface area contributed by atoms with Crippen LogP contribution < -0.4 is 0 Å². The smallest absolute Gasteiger partial charge is 0.369 e. The van der Waals surface area contributed by atoms with Crippen molar-refractivity contribution in [3.63, 3.8) is 0 Å². The van der Waals surface area contributed by atoms with Gasteiger partial charge < -0.3 is 4.74 Å². The Morgan fingerprint density at radius 3 is 2.67 bits per heavy atom. The Hall–Kier alpha value is -1.89. The molecule has 94 valence electrons. The number of nitrogens with zero attached hydrogens (tertiary/aromatic N) is 2. The molecule has 0 saturated carbocycles. The van der Waals surface area contributed by atoms with E-state index in [0.29, 0.717) is 0 Å². The molecule has 0 aliphatic rings. The second kappa shape index (κ2) is 5.18. The fourth-order valence-corrected chi connectivity index (χ4v) is 1.88. The van der Waals surface area contributed by atoms with Crippen molar-refractivity contribution >= 4 is 17.5 Å². The molecule has 0 N–H and O–H groups in total. The minimum Gasteiger partial charge on any atom is -0.461 e. The number of aromatic nitrogens is 2. The predicted octanol–water partition coefficient (Wildman–Crippen LogP) is 2.66. The molecule has 7 heteroatoms. The van der Waals surface area contributed by atoms with E-state index in [0.717, 1.165) is 23.7 Å². The number of carbonyl (C=O) groups is 1. The predicted molar refractivity (Wildman–Crippen MR) is 61.2 cm³/mol. The van der Waals surface area contributed by atoms with Gasteiger partial charge in [0.2, 0.25) is 5.01 Å². The molecular weight excluding hydrogens is 262 g/mol. The number of esters is 1. The van der Waals surface area contributed by atoms with Crippen molar-refractivity contribution in [1.82, 2.24) is 9.36 Å². The van der Waals surface area contributed by atoms with Gasteiger partial charge in [0.1, 0.15) is 11.6 Å². The molecule has 1 aromatic carbocycles. The molecule has 0 bridgehead atoms. The van der Waals surface area contributed by atoms with Gasteiger partial charge in [-0.15, -0.1) is 0 Å². The Balaban J connectivity index is 2.38. The highest BCUT2D eigenvalue weighted by Gasteiger charge is 2.19. The lowest BCUT2D eigenvalue weighted by atomic mass is 10.2. The first-order valence-corrected chi connectivity index (χ1v) is 5.86. The van der Waals surface area contributed by atoms with Gasteiger partial charge in [-0.3, -0.25) is 0 Å². The van der Waals surface area contributed by atoms with Crippen molar-refractivity contribution in [1.29, 1.82) is 0 Å². The monoisotopic (exact) mass is 270 g/mol. The maximum Gasteiger partial charge on any atom is 0.369 e. The summed E-state index contributed by atoms with van der Waals surface area (Å²) in [7, 11) is 0. The first-order chi connectivity index (χ1) is 8.63. The number of rotatable bonds is 3. The van der Waals surface area contributed by atoms with Gasteiger partial charge in [0.15, 0.2) is 5.82 Å². The Kier molecular flexibility index (Phi) is 3.61. The number of carbonyl (C=O) groups excluding carboxylic acids is 1. The Bertz CT molecular complexity index is 566. The van der Waals surface area contributed by atoms with Crippen LogP contribution in [-0.4, -0.2) is 21.9 Å². The third-order valence-corrected chi connectivity index (χ3v) is 2.76. The van der Waals surface area contributed by atoms with Crippen LogP contribution in [0.4, 0.5) is 8.78 Å². The van der Waals surface area contributed by atoms with E-state index in [2.05, 4.69) is 9.36 Å². The summed E-state index contributed by atoms with van der Waals surface area (Å²) in [6.07, 6.45) is 0. The van der Waals surface area contributed by atoms with Gasteiger partial charge in [-0.1, -0.05) is 6.07 Å². The molecule has 0 radical (unpaired) electrons. The lowest BCUT2D eigenvalue weighted by molar-refractivity contribution is 0.0526. The average molecular weight is 270 g/mol. The first-order valence-electron chi connectivity index (χ1n) is 5.08. The molecule has 1 aromatic heterocycles. The molecular formula is C11H8F2N2O2S. The minimum absolute atomic E-state index is 0.0329. The number of hydrogen-bond acceptors (Lipinski definition) is 5. The summed E-state index contributed by atoms with van der Waals surface area (Å²) in [6.45, 7) is 1.85. The Morgan fingerprint density at radius 2 is 2.06 bits per heavy atom. The normalized spacial score (nSPS) is 10.4. The molecule has 0 aliphatic carbocycles. The molecule has 0 unspecified atom stereocenters. The van der Waals surface area contributed by atoms with Crippen molar-refractivity contribution in [2.75, 3.05) is 6.61 Å². The zero-order valence-corrected chi connectivity index (χ0v) is 10.1. The minimum atomic E-state index is -0.775.